The Hall–Kier alpha value is -0.220. The second kappa shape index (κ2) is 5.03. The predicted octanol–water partition coefficient (Wildman–Crippen LogP) is 1.54. The van der Waals surface area contributed by atoms with Crippen molar-refractivity contribution in [3.63, 3.8) is 0 Å². The van der Waals surface area contributed by atoms with E-state index in [4.69, 9.17) is 5.11 Å². The number of carboxylic acids is 1. The first-order chi connectivity index (χ1) is 6.58. The molecule has 1 unspecified atom stereocenters. The summed E-state index contributed by atoms with van der Waals surface area (Å²) in [6.45, 7) is 4.56. The molecule has 0 amide bonds. The van der Waals surface area contributed by atoms with Gasteiger partial charge in [-0.25, -0.2) is 0 Å². The first-order valence-corrected chi connectivity index (χ1v) is 6.42. The molecule has 0 bridgehead atoms. The Morgan fingerprint density at radius 1 is 1.64 bits per heavy atom. The molecule has 14 heavy (non-hydrogen) atoms. The lowest BCUT2D eigenvalue weighted by atomic mass is 9.90. The molecule has 0 aliphatic carbocycles. The van der Waals surface area contributed by atoms with Crippen LogP contribution in [0.4, 0.5) is 0 Å². The number of hydrogen-bond acceptors (Lipinski definition) is 3. The summed E-state index contributed by atoms with van der Waals surface area (Å²) >= 11 is 1.85. The van der Waals surface area contributed by atoms with Gasteiger partial charge in [0.05, 0.1) is 5.41 Å². The van der Waals surface area contributed by atoms with Crippen LogP contribution in [0.15, 0.2) is 0 Å². The predicted molar refractivity (Wildman–Crippen MR) is 59.8 cm³/mol. The van der Waals surface area contributed by atoms with Crippen LogP contribution >= 0.6 is 11.8 Å². The Labute approximate surface area is 89.9 Å². The molecule has 0 aromatic heterocycles. The van der Waals surface area contributed by atoms with Crippen LogP contribution in [0, 0.1) is 5.41 Å². The summed E-state index contributed by atoms with van der Waals surface area (Å²) in [5.41, 5.74) is -0.501. The summed E-state index contributed by atoms with van der Waals surface area (Å²) in [6.07, 6.45) is 4.06. The molecule has 4 heteroatoms. The fraction of sp³-hybridized carbons (Fsp3) is 0.900. The maximum absolute atomic E-state index is 11.0. The zero-order chi connectivity index (χ0) is 10.6. The van der Waals surface area contributed by atoms with Gasteiger partial charge in [-0.2, -0.15) is 11.8 Å². The van der Waals surface area contributed by atoms with E-state index in [0.717, 1.165) is 32.5 Å². The first-order valence-electron chi connectivity index (χ1n) is 5.03. The van der Waals surface area contributed by atoms with Crippen LogP contribution in [0.2, 0.25) is 0 Å². The van der Waals surface area contributed by atoms with Gasteiger partial charge in [0.2, 0.25) is 0 Å². The van der Waals surface area contributed by atoms with Gasteiger partial charge < -0.3 is 10.0 Å². The molecule has 1 rings (SSSR count). The highest BCUT2D eigenvalue weighted by molar-refractivity contribution is 7.98. The number of thioether (sulfide) groups is 1. The molecule has 1 saturated heterocycles. The molecule has 0 spiro atoms. The quantitative estimate of drug-likeness (QED) is 0.709. The maximum Gasteiger partial charge on any atom is 0.310 e. The summed E-state index contributed by atoms with van der Waals surface area (Å²) in [7, 11) is 0. The third-order valence-electron chi connectivity index (χ3n) is 2.89. The lowest BCUT2D eigenvalue weighted by Crippen LogP contribution is -2.32. The van der Waals surface area contributed by atoms with Crippen LogP contribution in [0.5, 0.6) is 0 Å². The Kier molecular flexibility index (Phi) is 4.26. The van der Waals surface area contributed by atoms with Crippen molar-refractivity contribution in [2.45, 2.75) is 19.8 Å². The lowest BCUT2D eigenvalue weighted by Gasteiger charge is -2.19. The molecule has 1 aliphatic heterocycles. The first kappa shape index (κ1) is 11.9. The van der Waals surface area contributed by atoms with E-state index in [2.05, 4.69) is 11.2 Å². The number of carbonyl (C=O) groups is 1. The van der Waals surface area contributed by atoms with E-state index in [0.29, 0.717) is 0 Å². The van der Waals surface area contributed by atoms with Crippen LogP contribution < -0.4 is 0 Å². The minimum Gasteiger partial charge on any atom is -0.481 e. The molecular formula is C10H19NO2S. The van der Waals surface area contributed by atoms with E-state index >= 15 is 0 Å². The van der Waals surface area contributed by atoms with Crippen molar-refractivity contribution in [1.29, 1.82) is 0 Å². The van der Waals surface area contributed by atoms with Crippen molar-refractivity contribution in [3.8, 4) is 0 Å². The monoisotopic (exact) mass is 217 g/mol. The largest absolute Gasteiger partial charge is 0.481 e. The molecule has 0 radical (unpaired) electrons. The normalized spacial score (nSPS) is 28.1. The molecule has 1 aliphatic rings. The van der Waals surface area contributed by atoms with Crippen LogP contribution in [0.25, 0.3) is 0 Å². The van der Waals surface area contributed by atoms with Crippen molar-refractivity contribution in [2.75, 3.05) is 31.6 Å². The molecule has 3 nitrogen and oxygen atoms in total. The molecule has 1 fully saturated rings. The van der Waals surface area contributed by atoms with Gasteiger partial charge in [-0.05, 0) is 44.9 Å². The standard InChI is InChI=1S/C10H19NO2S/c1-10(9(12)13)4-6-11(8-10)5-3-7-14-2/h3-8H2,1-2H3,(H,12,13). The fourth-order valence-electron chi connectivity index (χ4n) is 1.85. The Balaban J connectivity index is 2.30. The van der Waals surface area contributed by atoms with Crippen LogP contribution in [-0.4, -0.2) is 47.6 Å². The molecule has 0 aromatic rings. The Morgan fingerprint density at radius 2 is 2.36 bits per heavy atom. The van der Waals surface area contributed by atoms with E-state index in [-0.39, 0.29) is 0 Å². The number of likely N-dealkylation sites (tertiary alicyclic amines) is 1. The van der Waals surface area contributed by atoms with E-state index in [1.54, 1.807) is 0 Å². The zero-order valence-corrected chi connectivity index (χ0v) is 9.77. The summed E-state index contributed by atoms with van der Waals surface area (Å²) in [4.78, 5) is 13.2. The van der Waals surface area contributed by atoms with Crippen molar-refractivity contribution in [3.05, 3.63) is 0 Å². The minimum atomic E-state index is -0.648. The lowest BCUT2D eigenvalue weighted by molar-refractivity contribution is -0.147. The molecular weight excluding hydrogens is 198 g/mol. The number of hydrogen-bond donors (Lipinski definition) is 1. The van der Waals surface area contributed by atoms with Crippen LogP contribution in [-0.2, 0) is 4.79 Å². The highest BCUT2D eigenvalue weighted by Crippen LogP contribution is 2.29. The average Bonchev–Trinajstić information content (AvgIpc) is 2.50. The molecule has 1 heterocycles. The van der Waals surface area contributed by atoms with Crippen molar-refractivity contribution in [1.82, 2.24) is 4.90 Å². The highest BCUT2D eigenvalue weighted by Gasteiger charge is 2.39. The van der Waals surface area contributed by atoms with Crippen molar-refractivity contribution < 1.29 is 9.90 Å². The third kappa shape index (κ3) is 2.89. The molecule has 82 valence electrons. The topological polar surface area (TPSA) is 40.5 Å². The maximum atomic E-state index is 11.0. The summed E-state index contributed by atoms with van der Waals surface area (Å²) in [5, 5.41) is 9.03. The van der Waals surface area contributed by atoms with E-state index in [1.165, 1.54) is 5.75 Å². The Bertz CT molecular complexity index is 210. The van der Waals surface area contributed by atoms with Gasteiger partial charge in [0.15, 0.2) is 0 Å². The van der Waals surface area contributed by atoms with Gasteiger partial charge in [0, 0.05) is 6.54 Å². The minimum absolute atomic E-state index is 0.501. The number of rotatable bonds is 5. The van der Waals surface area contributed by atoms with Crippen molar-refractivity contribution in [2.24, 2.45) is 5.41 Å². The summed E-state index contributed by atoms with van der Waals surface area (Å²) in [5.74, 6) is 0.519. The van der Waals surface area contributed by atoms with Gasteiger partial charge in [0.1, 0.15) is 0 Å². The Morgan fingerprint density at radius 3 is 2.86 bits per heavy atom. The van der Waals surface area contributed by atoms with Gasteiger partial charge in [-0.15, -0.1) is 0 Å². The number of aliphatic carboxylic acids is 1. The summed E-state index contributed by atoms with van der Waals surface area (Å²) in [6, 6.07) is 0. The fourth-order valence-corrected chi connectivity index (χ4v) is 2.27. The average molecular weight is 217 g/mol. The van der Waals surface area contributed by atoms with Crippen LogP contribution in [0.1, 0.15) is 19.8 Å². The van der Waals surface area contributed by atoms with Gasteiger partial charge >= 0.3 is 5.97 Å². The second-order valence-electron chi connectivity index (χ2n) is 4.24. The zero-order valence-electron chi connectivity index (χ0n) is 8.95. The highest BCUT2D eigenvalue weighted by atomic mass is 32.2. The van der Waals surface area contributed by atoms with Crippen LogP contribution in [0.3, 0.4) is 0 Å². The molecule has 0 aromatic carbocycles. The third-order valence-corrected chi connectivity index (χ3v) is 3.59. The SMILES string of the molecule is CSCCCN1CCC(C)(C(=O)O)C1. The number of nitrogens with zero attached hydrogens (tertiary/aromatic N) is 1. The van der Waals surface area contributed by atoms with E-state index in [1.807, 2.05) is 18.7 Å². The smallest absolute Gasteiger partial charge is 0.310 e. The molecule has 1 atom stereocenters. The van der Waals surface area contributed by atoms with E-state index < -0.39 is 11.4 Å². The van der Waals surface area contributed by atoms with Gasteiger partial charge in [0.25, 0.3) is 0 Å². The van der Waals surface area contributed by atoms with E-state index in [9.17, 15) is 4.79 Å². The molecule has 0 saturated carbocycles. The number of carboxylic acid groups (broad SMARTS) is 1. The molecule has 1 N–H and O–H groups in total. The second-order valence-corrected chi connectivity index (χ2v) is 5.22. The summed E-state index contributed by atoms with van der Waals surface area (Å²) < 4.78 is 0. The van der Waals surface area contributed by atoms with Crippen molar-refractivity contribution >= 4 is 17.7 Å². The van der Waals surface area contributed by atoms with Gasteiger partial charge in [-0.1, -0.05) is 0 Å². The van der Waals surface area contributed by atoms with Gasteiger partial charge in [-0.3, -0.25) is 4.79 Å².